The lowest BCUT2D eigenvalue weighted by molar-refractivity contribution is 0.0755. The van der Waals surface area contributed by atoms with Crippen molar-refractivity contribution in [1.82, 2.24) is 10.2 Å². The van der Waals surface area contributed by atoms with E-state index in [1.54, 1.807) is 0 Å². The van der Waals surface area contributed by atoms with E-state index < -0.39 is 12.0 Å². The molecule has 162 valence electrons. The summed E-state index contributed by atoms with van der Waals surface area (Å²) in [5, 5.41) is 2.80. The molecule has 0 saturated heterocycles. The first-order valence-electron chi connectivity index (χ1n) is 10.6. The Balaban J connectivity index is 1.27. The number of benzene rings is 3. The van der Waals surface area contributed by atoms with Gasteiger partial charge in [0.2, 0.25) is 0 Å². The van der Waals surface area contributed by atoms with Gasteiger partial charge in [0.1, 0.15) is 17.4 Å². The first kappa shape index (κ1) is 20.4. The number of hydrogen-bond donors (Lipinski definition) is 1. The fourth-order valence-electron chi connectivity index (χ4n) is 4.18. The third-order valence-corrected chi connectivity index (χ3v) is 5.86. The quantitative estimate of drug-likeness (QED) is 0.626. The number of amides is 1. The van der Waals surface area contributed by atoms with Crippen molar-refractivity contribution in [2.24, 2.45) is 0 Å². The Labute approximate surface area is 185 Å². The van der Waals surface area contributed by atoms with Gasteiger partial charge in [-0.1, -0.05) is 36.4 Å². The number of rotatable bonds is 4. The van der Waals surface area contributed by atoms with E-state index in [1.165, 1.54) is 35.9 Å². The molecule has 1 N–H and O–H groups in total. The second-order valence-corrected chi connectivity index (χ2v) is 8.08. The Hall–Kier alpha value is -3.51. The van der Waals surface area contributed by atoms with Crippen molar-refractivity contribution in [3.63, 3.8) is 0 Å². The summed E-state index contributed by atoms with van der Waals surface area (Å²) >= 11 is 0. The zero-order valence-electron chi connectivity index (χ0n) is 17.4. The average molecular weight is 432 g/mol. The van der Waals surface area contributed by atoms with E-state index >= 15 is 0 Å². The normalized spacial score (nSPS) is 18.4. The third-order valence-electron chi connectivity index (χ3n) is 5.86. The van der Waals surface area contributed by atoms with Crippen LogP contribution in [0.4, 0.5) is 8.78 Å². The molecule has 0 aliphatic carbocycles. The summed E-state index contributed by atoms with van der Waals surface area (Å²) in [4.78, 5) is 14.7. The topological polar surface area (TPSA) is 41.6 Å². The van der Waals surface area contributed by atoms with Crippen LogP contribution in [0, 0.1) is 11.6 Å². The number of fused-ring (bicyclic) bond motifs is 1. The highest BCUT2D eigenvalue weighted by Gasteiger charge is 2.27. The van der Waals surface area contributed by atoms with Crippen molar-refractivity contribution >= 4 is 11.5 Å². The number of nitrogens with one attached hydrogen (secondary N) is 1. The average Bonchev–Trinajstić information content (AvgIpc) is 2.81. The maximum atomic E-state index is 13.4. The minimum absolute atomic E-state index is 0.203. The predicted molar refractivity (Wildman–Crippen MR) is 118 cm³/mol. The Kier molecular flexibility index (Phi) is 5.45. The fourth-order valence-corrected chi connectivity index (χ4v) is 4.18. The van der Waals surface area contributed by atoms with Crippen LogP contribution in [0.25, 0.3) is 5.57 Å². The van der Waals surface area contributed by atoms with Crippen molar-refractivity contribution < 1.29 is 18.3 Å². The summed E-state index contributed by atoms with van der Waals surface area (Å²) < 4.78 is 32.5. The lowest BCUT2D eigenvalue weighted by atomic mass is 9.99. The van der Waals surface area contributed by atoms with E-state index in [9.17, 15) is 13.6 Å². The summed E-state index contributed by atoms with van der Waals surface area (Å²) in [6.45, 7) is 2.49. The smallest absolute Gasteiger partial charge is 0.258 e. The molecule has 0 fully saturated rings. The molecule has 1 amide bonds. The van der Waals surface area contributed by atoms with Gasteiger partial charge < -0.3 is 10.1 Å². The Morgan fingerprint density at radius 1 is 1.00 bits per heavy atom. The SMILES string of the molecule is O=C1NC(c2cccc(CN3CC=C(c4ccc(F)cc4)CC3)c2)Oc2ccc(F)cc21. The van der Waals surface area contributed by atoms with Gasteiger partial charge in [-0.15, -0.1) is 0 Å². The van der Waals surface area contributed by atoms with Crippen LogP contribution in [-0.4, -0.2) is 23.9 Å². The highest BCUT2D eigenvalue weighted by atomic mass is 19.1. The van der Waals surface area contributed by atoms with Crippen molar-refractivity contribution in [3.8, 4) is 5.75 Å². The minimum atomic E-state index is -0.619. The summed E-state index contributed by atoms with van der Waals surface area (Å²) in [5.41, 5.74) is 4.46. The lowest BCUT2D eigenvalue weighted by Crippen LogP contribution is -2.37. The van der Waals surface area contributed by atoms with Crippen molar-refractivity contribution in [3.05, 3.63) is 107 Å². The number of halogens is 2. The molecule has 1 unspecified atom stereocenters. The van der Waals surface area contributed by atoms with E-state index in [4.69, 9.17) is 4.74 Å². The van der Waals surface area contributed by atoms with Gasteiger partial charge in [0.25, 0.3) is 5.91 Å². The Morgan fingerprint density at radius 3 is 2.59 bits per heavy atom. The molecule has 32 heavy (non-hydrogen) atoms. The third kappa shape index (κ3) is 4.27. The summed E-state index contributed by atoms with van der Waals surface area (Å²) in [6.07, 6.45) is 2.48. The maximum absolute atomic E-state index is 13.4. The van der Waals surface area contributed by atoms with Gasteiger partial charge >= 0.3 is 0 Å². The molecule has 6 heteroatoms. The number of ether oxygens (including phenoxy) is 1. The number of carbonyl (C=O) groups is 1. The zero-order chi connectivity index (χ0) is 22.1. The second kappa shape index (κ2) is 8.55. The molecule has 0 aromatic heterocycles. The van der Waals surface area contributed by atoms with Crippen molar-refractivity contribution in [2.75, 3.05) is 13.1 Å². The van der Waals surface area contributed by atoms with Gasteiger partial charge in [0.05, 0.1) is 5.56 Å². The van der Waals surface area contributed by atoms with E-state index in [2.05, 4.69) is 22.4 Å². The van der Waals surface area contributed by atoms with Crippen LogP contribution >= 0.6 is 0 Å². The summed E-state index contributed by atoms with van der Waals surface area (Å²) in [6, 6.07) is 18.5. The maximum Gasteiger partial charge on any atom is 0.258 e. The highest BCUT2D eigenvalue weighted by Crippen LogP contribution is 2.30. The van der Waals surface area contributed by atoms with Gasteiger partial charge in [0, 0.05) is 25.2 Å². The van der Waals surface area contributed by atoms with Gasteiger partial charge in [0.15, 0.2) is 6.23 Å². The molecule has 4 nitrogen and oxygen atoms in total. The predicted octanol–water partition coefficient (Wildman–Crippen LogP) is 5.08. The van der Waals surface area contributed by atoms with Crippen LogP contribution in [-0.2, 0) is 6.54 Å². The molecule has 0 spiro atoms. The summed E-state index contributed by atoms with van der Waals surface area (Å²) in [5.74, 6) is -0.669. The number of hydrogen-bond acceptors (Lipinski definition) is 3. The van der Waals surface area contributed by atoms with Gasteiger partial charge in [-0.05, 0) is 59.5 Å². The first-order chi connectivity index (χ1) is 15.5. The van der Waals surface area contributed by atoms with Crippen LogP contribution in [0.2, 0.25) is 0 Å². The van der Waals surface area contributed by atoms with Crippen molar-refractivity contribution in [1.29, 1.82) is 0 Å². The molecular formula is C26H22F2N2O2. The van der Waals surface area contributed by atoms with Gasteiger partial charge in [-0.2, -0.15) is 0 Å². The van der Waals surface area contributed by atoms with Crippen molar-refractivity contribution in [2.45, 2.75) is 19.2 Å². The van der Waals surface area contributed by atoms with E-state index in [1.807, 2.05) is 30.3 Å². The van der Waals surface area contributed by atoms with Crippen LogP contribution in [0.15, 0.2) is 72.8 Å². The van der Waals surface area contributed by atoms with Crippen LogP contribution in [0.3, 0.4) is 0 Å². The van der Waals surface area contributed by atoms with Gasteiger partial charge in [-0.25, -0.2) is 8.78 Å². The molecular weight excluding hydrogens is 410 g/mol. The largest absolute Gasteiger partial charge is 0.466 e. The molecule has 3 aromatic rings. The van der Waals surface area contributed by atoms with E-state index in [-0.39, 0.29) is 17.3 Å². The van der Waals surface area contributed by atoms with Crippen LogP contribution < -0.4 is 10.1 Å². The molecule has 2 aliphatic rings. The first-order valence-corrected chi connectivity index (χ1v) is 10.6. The molecule has 1 atom stereocenters. The number of carbonyl (C=O) groups excluding carboxylic acids is 1. The lowest BCUT2D eigenvalue weighted by Gasteiger charge is -2.28. The van der Waals surface area contributed by atoms with E-state index in [0.717, 1.165) is 42.7 Å². The summed E-state index contributed by atoms with van der Waals surface area (Å²) in [7, 11) is 0. The fraction of sp³-hybridized carbons (Fsp3) is 0.192. The molecule has 0 saturated carbocycles. The zero-order valence-corrected chi connectivity index (χ0v) is 17.4. The monoisotopic (exact) mass is 432 g/mol. The second-order valence-electron chi connectivity index (χ2n) is 8.08. The molecule has 5 rings (SSSR count). The number of nitrogens with zero attached hydrogens (tertiary/aromatic N) is 1. The van der Waals surface area contributed by atoms with E-state index in [0.29, 0.717) is 5.75 Å². The van der Waals surface area contributed by atoms with Gasteiger partial charge in [-0.3, -0.25) is 9.69 Å². The molecule has 2 heterocycles. The highest BCUT2D eigenvalue weighted by molar-refractivity contribution is 5.98. The standard InChI is InChI=1S/C26H22F2N2O2/c27-21-6-4-18(5-7-21)19-10-12-30(13-11-19)16-17-2-1-3-20(14-17)26-29-25(31)23-15-22(28)8-9-24(23)32-26/h1-10,14-15,26H,11-13,16H2,(H,29,31). The van der Waals surface area contributed by atoms with Crippen LogP contribution in [0.1, 0.15) is 39.7 Å². The Morgan fingerprint density at radius 2 is 1.81 bits per heavy atom. The minimum Gasteiger partial charge on any atom is -0.466 e. The molecule has 0 bridgehead atoms. The molecule has 0 radical (unpaired) electrons. The molecule has 2 aliphatic heterocycles. The molecule has 3 aromatic carbocycles. The van der Waals surface area contributed by atoms with Crippen LogP contribution in [0.5, 0.6) is 5.75 Å². The Bertz CT molecular complexity index is 1190.